The van der Waals surface area contributed by atoms with Gasteiger partial charge in [0.25, 0.3) is 11.8 Å². The number of halogens is 2. The van der Waals surface area contributed by atoms with Crippen molar-refractivity contribution >= 4 is 43.7 Å². The Hall–Kier alpha value is -2.18. The van der Waals surface area contributed by atoms with Crippen LogP contribution in [0.15, 0.2) is 80.0 Å². The van der Waals surface area contributed by atoms with E-state index >= 15 is 0 Å². The highest BCUT2D eigenvalue weighted by Gasteiger charge is 2.39. The maximum absolute atomic E-state index is 12.5. The highest BCUT2D eigenvalue weighted by molar-refractivity contribution is 9.10. The summed E-state index contributed by atoms with van der Waals surface area (Å²) in [6.07, 6.45) is 1.02. The summed E-state index contributed by atoms with van der Waals surface area (Å²) in [5.74, 6) is -0.421. The van der Waals surface area contributed by atoms with E-state index in [1.165, 1.54) is 0 Å². The largest absolute Gasteiger partial charge is 0.324 e. The molecule has 0 unspecified atom stereocenters. The Morgan fingerprint density at radius 2 is 0.962 bits per heavy atom. The predicted octanol–water partition coefficient (Wildman–Crippen LogP) is 3.76. The third-order valence-corrected chi connectivity index (χ3v) is 5.48. The fourth-order valence-electron chi connectivity index (χ4n) is 3.20. The first-order chi connectivity index (χ1) is 12.5. The number of carbonyl (C=O) groups excluding carboxylic acids is 2. The molecule has 2 heterocycles. The molecular formula is C20H14Br2N2O2. The van der Waals surface area contributed by atoms with Crippen molar-refractivity contribution in [2.45, 2.75) is 12.8 Å². The smallest absolute Gasteiger partial charge is 0.258 e. The molecule has 0 saturated carbocycles. The average Bonchev–Trinajstić information content (AvgIpc) is 3.11. The lowest BCUT2D eigenvalue weighted by atomic mass is 10.0. The number of hydrogen-bond acceptors (Lipinski definition) is 2. The minimum absolute atomic E-state index is 0.211. The fourth-order valence-corrected chi connectivity index (χ4v) is 3.73. The van der Waals surface area contributed by atoms with E-state index < -0.39 is 0 Å². The summed E-state index contributed by atoms with van der Waals surface area (Å²) in [7, 11) is 0. The predicted molar refractivity (Wildman–Crippen MR) is 106 cm³/mol. The summed E-state index contributed by atoms with van der Waals surface area (Å²) in [6.45, 7) is 0. The van der Waals surface area contributed by atoms with Crippen LogP contribution in [-0.2, 0) is 22.4 Å². The van der Waals surface area contributed by atoms with Gasteiger partial charge in [-0.15, -0.1) is 0 Å². The van der Waals surface area contributed by atoms with E-state index in [1.807, 2.05) is 48.5 Å². The van der Waals surface area contributed by atoms with Gasteiger partial charge in [-0.25, -0.2) is 0 Å². The Morgan fingerprint density at radius 3 is 1.31 bits per heavy atom. The summed E-state index contributed by atoms with van der Waals surface area (Å²) >= 11 is 6.82. The molecule has 2 aromatic rings. The van der Waals surface area contributed by atoms with Crippen molar-refractivity contribution in [3.8, 4) is 0 Å². The molecule has 0 atom stereocenters. The molecule has 0 aliphatic carbocycles. The van der Waals surface area contributed by atoms with Crippen molar-refractivity contribution < 1.29 is 9.59 Å². The zero-order chi connectivity index (χ0) is 18.3. The molecule has 26 heavy (non-hydrogen) atoms. The molecule has 0 radical (unpaired) electrons. The second-order valence-corrected chi connectivity index (χ2v) is 8.05. The van der Waals surface area contributed by atoms with Gasteiger partial charge in [-0.05, 0) is 35.4 Å². The first-order valence-corrected chi connectivity index (χ1v) is 9.68. The van der Waals surface area contributed by atoms with Crippen molar-refractivity contribution in [2.24, 2.45) is 0 Å². The van der Waals surface area contributed by atoms with Crippen molar-refractivity contribution in [3.63, 3.8) is 0 Å². The molecule has 130 valence electrons. The maximum Gasteiger partial charge on any atom is 0.258 e. The van der Waals surface area contributed by atoms with Crippen LogP contribution >= 0.6 is 31.9 Å². The van der Waals surface area contributed by atoms with Crippen molar-refractivity contribution in [3.05, 3.63) is 91.1 Å². The number of carbonyl (C=O) groups is 2. The first kappa shape index (κ1) is 17.2. The SMILES string of the molecule is O=C1NC(Cc2ccc(Br)cc2)=C2C(=O)NC(Cc3ccc(Br)cc3)=C12. The molecule has 4 nitrogen and oxygen atoms in total. The molecule has 0 aromatic heterocycles. The second-order valence-electron chi connectivity index (χ2n) is 6.22. The van der Waals surface area contributed by atoms with E-state index in [2.05, 4.69) is 42.5 Å². The maximum atomic E-state index is 12.5. The number of rotatable bonds is 4. The van der Waals surface area contributed by atoms with Gasteiger partial charge in [0.15, 0.2) is 0 Å². The van der Waals surface area contributed by atoms with Crippen LogP contribution in [0.5, 0.6) is 0 Å². The molecule has 0 bridgehead atoms. The number of fused-ring (bicyclic) bond motifs is 1. The van der Waals surface area contributed by atoms with Gasteiger partial charge in [0.1, 0.15) is 0 Å². The van der Waals surface area contributed by atoms with Crippen LogP contribution in [0.3, 0.4) is 0 Å². The van der Waals surface area contributed by atoms with Crippen LogP contribution in [0, 0.1) is 0 Å². The first-order valence-electron chi connectivity index (χ1n) is 8.09. The lowest BCUT2D eigenvalue weighted by molar-refractivity contribution is -0.117. The molecule has 0 fully saturated rings. The Balaban J connectivity index is 1.66. The highest BCUT2D eigenvalue weighted by atomic mass is 79.9. The van der Waals surface area contributed by atoms with Crippen molar-refractivity contribution in [1.29, 1.82) is 0 Å². The molecule has 6 heteroatoms. The Kier molecular flexibility index (Phi) is 4.54. The average molecular weight is 474 g/mol. The van der Waals surface area contributed by atoms with Gasteiger partial charge >= 0.3 is 0 Å². The zero-order valence-electron chi connectivity index (χ0n) is 13.6. The molecule has 2 amide bonds. The monoisotopic (exact) mass is 472 g/mol. The minimum atomic E-state index is -0.211. The summed E-state index contributed by atoms with van der Waals surface area (Å²) < 4.78 is 1.98. The topological polar surface area (TPSA) is 58.2 Å². The van der Waals surface area contributed by atoms with Crippen LogP contribution in [-0.4, -0.2) is 11.8 Å². The molecule has 2 aliphatic rings. The minimum Gasteiger partial charge on any atom is -0.324 e. The number of nitrogens with one attached hydrogen (secondary N) is 2. The van der Waals surface area contributed by atoms with Crippen molar-refractivity contribution in [1.82, 2.24) is 10.6 Å². The zero-order valence-corrected chi connectivity index (χ0v) is 16.8. The molecule has 2 N–H and O–H groups in total. The Labute approximate surface area is 167 Å². The quantitative estimate of drug-likeness (QED) is 0.710. The van der Waals surface area contributed by atoms with Gasteiger partial charge < -0.3 is 10.6 Å². The number of allylic oxidation sites excluding steroid dienone is 2. The highest BCUT2D eigenvalue weighted by Crippen LogP contribution is 2.32. The van der Waals surface area contributed by atoms with Gasteiger partial charge in [-0.3, -0.25) is 9.59 Å². The Bertz CT molecular complexity index is 892. The van der Waals surface area contributed by atoms with E-state index in [1.54, 1.807) is 0 Å². The molecule has 0 spiro atoms. The van der Waals surface area contributed by atoms with Gasteiger partial charge in [0.05, 0.1) is 11.1 Å². The summed E-state index contributed by atoms with van der Waals surface area (Å²) in [6, 6.07) is 15.7. The summed E-state index contributed by atoms with van der Waals surface area (Å²) in [5, 5.41) is 5.75. The van der Waals surface area contributed by atoms with Gasteiger partial charge in [-0.2, -0.15) is 0 Å². The lowest BCUT2D eigenvalue weighted by Crippen LogP contribution is -2.24. The standard InChI is InChI=1S/C20H14Br2N2O2/c21-13-5-1-11(2-6-13)9-15-17-18(20(26)23-15)16(24-19(17)25)10-12-3-7-14(22)8-4-12/h1-8H,9-10H2,(H,23,26)(H,24,25). The number of amides is 2. The summed E-state index contributed by atoms with van der Waals surface area (Å²) in [4.78, 5) is 25.0. The lowest BCUT2D eigenvalue weighted by Gasteiger charge is -2.07. The van der Waals surface area contributed by atoms with Gasteiger partial charge in [0, 0.05) is 33.2 Å². The fraction of sp³-hybridized carbons (Fsp3) is 0.100. The van der Waals surface area contributed by atoms with E-state index in [4.69, 9.17) is 0 Å². The van der Waals surface area contributed by atoms with Gasteiger partial charge in [0.2, 0.25) is 0 Å². The van der Waals surface area contributed by atoms with E-state index in [-0.39, 0.29) is 11.8 Å². The van der Waals surface area contributed by atoms with Crippen LogP contribution in [0.4, 0.5) is 0 Å². The van der Waals surface area contributed by atoms with E-state index in [0.717, 1.165) is 20.1 Å². The number of benzene rings is 2. The molecular weight excluding hydrogens is 460 g/mol. The Morgan fingerprint density at radius 1 is 0.615 bits per heavy atom. The second kappa shape index (κ2) is 6.85. The molecule has 2 aromatic carbocycles. The van der Waals surface area contributed by atoms with Gasteiger partial charge in [-0.1, -0.05) is 56.1 Å². The van der Waals surface area contributed by atoms with Crippen LogP contribution in [0.1, 0.15) is 11.1 Å². The van der Waals surface area contributed by atoms with Crippen LogP contribution in [0.2, 0.25) is 0 Å². The molecule has 2 aliphatic heterocycles. The van der Waals surface area contributed by atoms with E-state index in [0.29, 0.717) is 35.4 Å². The van der Waals surface area contributed by atoms with E-state index in [9.17, 15) is 9.59 Å². The van der Waals surface area contributed by atoms with Crippen LogP contribution in [0.25, 0.3) is 0 Å². The molecule has 0 saturated heterocycles. The van der Waals surface area contributed by atoms with Crippen molar-refractivity contribution in [2.75, 3.05) is 0 Å². The third kappa shape index (κ3) is 3.27. The molecule has 4 rings (SSSR count). The normalized spacial score (nSPS) is 16.1. The van der Waals surface area contributed by atoms with Crippen LogP contribution < -0.4 is 10.6 Å². The number of hydrogen-bond donors (Lipinski definition) is 2. The summed E-state index contributed by atoms with van der Waals surface area (Å²) in [5.41, 5.74) is 4.35. The third-order valence-electron chi connectivity index (χ3n) is 4.42.